The molecule has 1 aromatic carbocycles. The molecule has 104 valence electrons. The lowest BCUT2D eigenvalue weighted by molar-refractivity contribution is -0.122. The van der Waals surface area contributed by atoms with Gasteiger partial charge in [0, 0.05) is 12.2 Å². The van der Waals surface area contributed by atoms with Crippen molar-refractivity contribution in [2.45, 2.75) is 44.2 Å². The summed E-state index contributed by atoms with van der Waals surface area (Å²) in [6.45, 7) is 0.854. The van der Waals surface area contributed by atoms with Crippen LogP contribution in [-0.4, -0.2) is 29.4 Å². The lowest BCUT2D eigenvalue weighted by atomic mass is 9.97. The van der Waals surface area contributed by atoms with Gasteiger partial charge in [0.25, 0.3) is 0 Å². The first kappa shape index (κ1) is 13.1. The molecule has 0 saturated carbocycles. The van der Waals surface area contributed by atoms with E-state index in [1.165, 1.54) is 5.56 Å². The average molecular weight is 269 g/mol. The summed E-state index contributed by atoms with van der Waals surface area (Å²) in [6.07, 6.45) is 4.72. The summed E-state index contributed by atoms with van der Waals surface area (Å²) in [5.41, 5.74) is 2.11. The largest absolute Gasteiger partial charge is 0.324 e. The van der Waals surface area contributed by atoms with Crippen LogP contribution < -0.4 is 5.32 Å². The molecule has 2 unspecified atom stereocenters. The van der Waals surface area contributed by atoms with Gasteiger partial charge in [-0.3, -0.25) is 9.69 Å². The molecule has 3 rings (SSSR count). The van der Waals surface area contributed by atoms with E-state index in [0.717, 1.165) is 44.3 Å². The van der Waals surface area contributed by atoms with Crippen LogP contribution in [0.4, 0.5) is 5.69 Å². The SMILES string of the molecule is N#CC1CCCCN1C1CCc2ccccc2NC1=O. The number of nitrogens with one attached hydrogen (secondary N) is 1. The average Bonchev–Trinajstić information content (AvgIpc) is 2.65. The predicted octanol–water partition coefficient (Wildman–Crippen LogP) is 2.32. The molecule has 1 fully saturated rings. The van der Waals surface area contributed by atoms with Crippen molar-refractivity contribution in [3.05, 3.63) is 29.8 Å². The molecule has 4 nitrogen and oxygen atoms in total. The maximum atomic E-state index is 12.5. The molecule has 1 saturated heterocycles. The topological polar surface area (TPSA) is 56.1 Å². The van der Waals surface area contributed by atoms with Crippen molar-refractivity contribution in [1.29, 1.82) is 5.26 Å². The van der Waals surface area contributed by atoms with Gasteiger partial charge in [0.05, 0.1) is 18.2 Å². The van der Waals surface area contributed by atoms with E-state index in [0.29, 0.717) is 0 Å². The van der Waals surface area contributed by atoms with Gasteiger partial charge in [-0.05, 0) is 43.7 Å². The molecule has 4 heteroatoms. The molecule has 0 aromatic heterocycles. The molecule has 2 heterocycles. The van der Waals surface area contributed by atoms with Crippen LogP contribution in [0.2, 0.25) is 0 Å². The van der Waals surface area contributed by atoms with Gasteiger partial charge in [0.15, 0.2) is 0 Å². The van der Waals surface area contributed by atoms with Gasteiger partial charge in [-0.15, -0.1) is 0 Å². The highest BCUT2D eigenvalue weighted by molar-refractivity contribution is 5.96. The van der Waals surface area contributed by atoms with E-state index in [1.54, 1.807) is 0 Å². The smallest absolute Gasteiger partial charge is 0.241 e. The van der Waals surface area contributed by atoms with Crippen molar-refractivity contribution in [1.82, 2.24) is 4.90 Å². The van der Waals surface area contributed by atoms with Crippen molar-refractivity contribution >= 4 is 11.6 Å². The number of hydrogen-bond acceptors (Lipinski definition) is 3. The third-order valence-corrected chi connectivity index (χ3v) is 4.36. The molecule has 20 heavy (non-hydrogen) atoms. The van der Waals surface area contributed by atoms with E-state index in [-0.39, 0.29) is 18.0 Å². The molecule has 1 N–H and O–H groups in total. The lowest BCUT2D eigenvalue weighted by Gasteiger charge is -2.36. The Balaban J connectivity index is 1.82. The third-order valence-electron chi connectivity index (χ3n) is 4.36. The Morgan fingerprint density at radius 3 is 2.95 bits per heavy atom. The summed E-state index contributed by atoms with van der Waals surface area (Å²) < 4.78 is 0. The van der Waals surface area contributed by atoms with Crippen LogP contribution in [-0.2, 0) is 11.2 Å². The van der Waals surface area contributed by atoms with Crippen molar-refractivity contribution < 1.29 is 4.79 Å². The van der Waals surface area contributed by atoms with E-state index in [4.69, 9.17) is 0 Å². The normalized spacial score (nSPS) is 27.1. The van der Waals surface area contributed by atoms with Crippen LogP contribution in [0.25, 0.3) is 0 Å². The highest BCUT2D eigenvalue weighted by Crippen LogP contribution is 2.27. The van der Waals surface area contributed by atoms with Gasteiger partial charge in [0.1, 0.15) is 0 Å². The molecule has 0 radical (unpaired) electrons. The summed E-state index contributed by atoms with van der Waals surface area (Å²) in [7, 11) is 0. The van der Waals surface area contributed by atoms with Gasteiger partial charge < -0.3 is 5.32 Å². The van der Waals surface area contributed by atoms with Gasteiger partial charge in [-0.1, -0.05) is 18.2 Å². The van der Waals surface area contributed by atoms with Gasteiger partial charge in [-0.25, -0.2) is 0 Å². The standard InChI is InChI=1S/C16H19N3O/c17-11-13-6-3-4-10-19(13)15-9-8-12-5-1-2-7-14(12)18-16(15)20/h1-2,5,7,13,15H,3-4,6,8-10H2,(H,18,20). The first-order valence-corrected chi connectivity index (χ1v) is 7.34. The quantitative estimate of drug-likeness (QED) is 0.851. The van der Waals surface area contributed by atoms with Crippen LogP contribution in [0, 0.1) is 11.3 Å². The van der Waals surface area contributed by atoms with Crippen molar-refractivity contribution in [2.24, 2.45) is 0 Å². The third kappa shape index (κ3) is 2.41. The number of aryl methyl sites for hydroxylation is 1. The summed E-state index contributed by atoms with van der Waals surface area (Å²) in [4.78, 5) is 14.6. The fourth-order valence-electron chi connectivity index (χ4n) is 3.28. The minimum Gasteiger partial charge on any atom is -0.324 e. The summed E-state index contributed by atoms with van der Waals surface area (Å²) >= 11 is 0. The molecule has 2 atom stereocenters. The van der Waals surface area contributed by atoms with E-state index >= 15 is 0 Å². The molecular formula is C16H19N3O. The Bertz CT molecular complexity index is 549. The molecule has 1 aromatic rings. The number of benzene rings is 1. The molecule has 0 aliphatic carbocycles. The number of nitrogens with zero attached hydrogens (tertiary/aromatic N) is 2. The van der Waals surface area contributed by atoms with Crippen LogP contribution in [0.15, 0.2) is 24.3 Å². The van der Waals surface area contributed by atoms with Crippen molar-refractivity contribution in [2.75, 3.05) is 11.9 Å². The number of piperidine rings is 1. The Kier molecular flexibility index (Phi) is 3.70. The molecule has 0 bridgehead atoms. The van der Waals surface area contributed by atoms with Gasteiger partial charge in [-0.2, -0.15) is 5.26 Å². The first-order valence-electron chi connectivity index (χ1n) is 7.34. The van der Waals surface area contributed by atoms with Crippen molar-refractivity contribution in [3.63, 3.8) is 0 Å². The number of anilines is 1. The Labute approximate surface area is 119 Å². The second-order valence-corrected chi connectivity index (χ2v) is 5.58. The zero-order chi connectivity index (χ0) is 13.9. The van der Waals surface area contributed by atoms with Crippen LogP contribution >= 0.6 is 0 Å². The minimum absolute atomic E-state index is 0.0390. The molecule has 2 aliphatic heterocycles. The highest BCUT2D eigenvalue weighted by atomic mass is 16.2. The van der Waals surface area contributed by atoms with Crippen LogP contribution in [0.5, 0.6) is 0 Å². The monoisotopic (exact) mass is 269 g/mol. The minimum atomic E-state index is -0.174. The molecule has 2 aliphatic rings. The second kappa shape index (κ2) is 5.64. The van der Waals surface area contributed by atoms with Crippen molar-refractivity contribution in [3.8, 4) is 6.07 Å². The lowest BCUT2D eigenvalue weighted by Crippen LogP contribution is -2.50. The number of fused-ring (bicyclic) bond motifs is 1. The molecular weight excluding hydrogens is 250 g/mol. The van der Waals surface area contributed by atoms with E-state index < -0.39 is 0 Å². The number of rotatable bonds is 1. The molecule has 1 amide bonds. The fraction of sp³-hybridized carbons (Fsp3) is 0.500. The number of amides is 1. The maximum Gasteiger partial charge on any atom is 0.241 e. The summed E-state index contributed by atoms with van der Waals surface area (Å²) in [6, 6.07) is 10.0. The number of hydrogen-bond donors (Lipinski definition) is 1. The zero-order valence-corrected chi connectivity index (χ0v) is 11.5. The Hall–Kier alpha value is -1.86. The summed E-state index contributed by atoms with van der Waals surface area (Å²) in [5.74, 6) is 0.0390. The van der Waals surface area contributed by atoms with E-state index in [1.807, 2.05) is 18.2 Å². The van der Waals surface area contributed by atoms with Gasteiger partial charge >= 0.3 is 0 Å². The number of likely N-dealkylation sites (tertiary alicyclic amines) is 1. The highest BCUT2D eigenvalue weighted by Gasteiger charge is 2.34. The van der Waals surface area contributed by atoms with E-state index in [9.17, 15) is 10.1 Å². The Morgan fingerprint density at radius 1 is 1.25 bits per heavy atom. The maximum absolute atomic E-state index is 12.5. The second-order valence-electron chi connectivity index (χ2n) is 5.58. The van der Waals surface area contributed by atoms with Gasteiger partial charge in [0.2, 0.25) is 5.91 Å². The summed E-state index contributed by atoms with van der Waals surface area (Å²) in [5, 5.41) is 12.3. The van der Waals surface area contributed by atoms with Crippen LogP contribution in [0.3, 0.4) is 0 Å². The number of para-hydroxylation sites is 1. The predicted molar refractivity (Wildman–Crippen MR) is 77.1 cm³/mol. The zero-order valence-electron chi connectivity index (χ0n) is 11.5. The Morgan fingerprint density at radius 2 is 2.10 bits per heavy atom. The fourth-order valence-corrected chi connectivity index (χ4v) is 3.28. The number of carbonyl (C=O) groups excluding carboxylic acids is 1. The van der Waals surface area contributed by atoms with E-state index in [2.05, 4.69) is 22.4 Å². The number of nitriles is 1. The molecule has 0 spiro atoms. The first-order chi connectivity index (χ1) is 9.79. The number of carbonyl (C=O) groups is 1. The van der Waals surface area contributed by atoms with Crippen LogP contribution in [0.1, 0.15) is 31.2 Å².